The summed E-state index contributed by atoms with van der Waals surface area (Å²) < 4.78 is 6.39. The van der Waals surface area contributed by atoms with Crippen LogP contribution in [0.1, 0.15) is 25.0 Å². The van der Waals surface area contributed by atoms with E-state index in [1.54, 1.807) is 7.11 Å². The third kappa shape index (κ3) is 4.78. The van der Waals surface area contributed by atoms with Crippen molar-refractivity contribution in [3.63, 3.8) is 0 Å². The van der Waals surface area contributed by atoms with E-state index in [4.69, 9.17) is 4.74 Å². The summed E-state index contributed by atoms with van der Waals surface area (Å²) in [5.41, 5.74) is 2.59. The highest BCUT2D eigenvalue weighted by atomic mass is 79.9. The smallest absolute Gasteiger partial charge is 0.0618 e. The SMILES string of the molecule is COCC(NCc1ccc(Br)c(C)c1)C(C)C. The molecule has 0 radical (unpaired) electrons. The second-order valence-electron chi connectivity index (χ2n) is 4.77. The Morgan fingerprint density at radius 2 is 2.06 bits per heavy atom. The summed E-state index contributed by atoms with van der Waals surface area (Å²) in [4.78, 5) is 0. The van der Waals surface area contributed by atoms with Crippen molar-refractivity contribution < 1.29 is 4.74 Å². The Morgan fingerprint density at radius 3 is 2.59 bits per heavy atom. The van der Waals surface area contributed by atoms with Crippen molar-refractivity contribution in [1.82, 2.24) is 5.32 Å². The molecule has 1 N–H and O–H groups in total. The minimum absolute atomic E-state index is 0.406. The van der Waals surface area contributed by atoms with Gasteiger partial charge in [0.25, 0.3) is 0 Å². The maximum atomic E-state index is 5.23. The van der Waals surface area contributed by atoms with Gasteiger partial charge in [-0.1, -0.05) is 41.9 Å². The summed E-state index contributed by atoms with van der Waals surface area (Å²) in [6.07, 6.45) is 0. The third-order valence-electron chi connectivity index (χ3n) is 2.94. The van der Waals surface area contributed by atoms with E-state index in [0.717, 1.165) is 13.2 Å². The van der Waals surface area contributed by atoms with Crippen LogP contribution in [0.4, 0.5) is 0 Å². The molecular formula is C14H22BrNO. The zero-order chi connectivity index (χ0) is 12.8. The van der Waals surface area contributed by atoms with Crippen LogP contribution in [0.3, 0.4) is 0 Å². The molecule has 0 amide bonds. The van der Waals surface area contributed by atoms with E-state index in [-0.39, 0.29) is 0 Å². The third-order valence-corrected chi connectivity index (χ3v) is 3.83. The van der Waals surface area contributed by atoms with Crippen LogP contribution in [0, 0.1) is 12.8 Å². The van der Waals surface area contributed by atoms with Crippen LogP contribution in [0.25, 0.3) is 0 Å². The van der Waals surface area contributed by atoms with Gasteiger partial charge < -0.3 is 10.1 Å². The van der Waals surface area contributed by atoms with Crippen molar-refractivity contribution in [2.75, 3.05) is 13.7 Å². The number of hydrogen-bond donors (Lipinski definition) is 1. The molecule has 3 heteroatoms. The molecule has 0 fully saturated rings. The maximum Gasteiger partial charge on any atom is 0.0618 e. The highest BCUT2D eigenvalue weighted by molar-refractivity contribution is 9.10. The van der Waals surface area contributed by atoms with Crippen molar-refractivity contribution in [2.45, 2.75) is 33.4 Å². The van der Waals surface area contributed by atoms with E-state index in [2.05, 4.69) is 60.2 Å². The van der Waals surface area contributed by atoms with Gasteiger partial charge in [0.05, 0.1) is 6.61 Å². The van der Waals surface area contributed by atoms with Gasteiger partial charge in [0, 0.05) is 24.2 Å². The molecular weight excluding hydrogens is 278 g/mol. The van der Waals surface area contributed by atoms with Crippen molar-refractivity contribution >= 4 is 15.9 Å². The number of aryl methyl sites for hydroxylation is 1. The van der Waals surface area contributed by atoms with Crippen LogP contribution in [-0.2, 0) is 11.3 Å². The van der Waals surface area contributed by atoms with Crippen LogP contribution in [-0.4, -0.2) is 19.8 Å². The van der Waals surface area contributed by atoms with E-state index in [9.17, 15) is 0 Å². The van der Waals surface area contributed by atoms with Crippen LogP contribution < -0.4 is 5.32 Å². The number of hydrogen-bond acceptors (Lipinski definition) is 2. The Bertz CT molecular complexity index is 352. The standard InChI is InChI=1S/C14H22BrNO/c1-10(2)14(9-17-4)16-8-12-5-6-13(15)11(3)7-12/h5-7,10,14,16H,8-9H2,1-4H3. The lowest BCUT2D eigenvalue weighted by Crippen LogP contribution is -2.37. The average Bonchev–Trinajstić information content (AvgIpc) is 2.28. The molecule has 96 valence electrons. The Morgan fingerprint density at radius 1 is 1.35 bits per heavy atom. The first-order chi connectivity index (χ1) is 8.04. The van der Waals surface area contributed by atoms with E-state index in [1.807, 2.05) is 0 Å². The van der Waals surface area contributed by atoms with Gasteiger partial charge in [-0.25, -0.2) is 0 Å². The molecule has 17 heavy (non-hydrogen) atoms. The molecule has 2 nitrogen and oxygen atoms in total. The van der Waals surface area contributed by atoms with Gasteiger partial charge in [0.1, 0.15) is 0 Å². The molecule has 0 aromatic heterocycles. The molecule has 0 bridgehead atoms. The highest BCUT2D eigenvalue weighted by Gasteiger charge is 2.12. The first-order valence-corrected chi connectivity index (χ1v) is 6.81. The van der Waals surface area contributed by atoms with E-state index < -0.39 is 0 Å². The van der Waals surface area contributed by atoms with Crippen LogP contribution >= 0.6 is 15.9 Å². The van der Waals surface area contributed by atoms with Gasteiger partial charge in [-0.3, -0.25) is 0 Å². The normalized spacial score (nSPS) is 13.1. The summed E-state index contributed by atoms with van der Waals surface area (Å²) in [6.45, 7) is 8.18. The predicted octanol–water partition coefficient (Wildman–Crippen LogP) is 3.52. The molecule has 0 aliphatic heterocycles. The molecule has 1 aromatic carbocycles. The molecule has 1 rings (SSSR count). The van der Waals surface area contributed by atoms with Crippen molar-refractivity contribution in [1.29, 1.82) is 0 Å². The fourth-order valence-corrected chi connectivity index (χ4v) is 1.98. The van der Waals surface area contributed by atoms with Gasteiger partial charge in [-0.2, -0.15) is 0 Å². The van der Waals surface area contributed by atoms with Gasteiger partial charge >= 0.3 is 0 Å². The summed E-state index contributed by atoms with van der Waals surface area (Å²) in [5, 5.41) is 3.54. The first-order valence-electron chi connectivity index (χ1n) is 6.02. The Hall–Kier alpha value is -0.380. The Kier molecular flexibility index (Phi) is 6.17. The van der Waals surface area contributed by atoms with Crippen LogP contribution in [0.2, 0.25) is 0 Å². The zero-order valence-electron chi connectivity index (χ0n) is 11.1. The zero-order valence-corrected chi connectivity index (χ0v) is 12.7. The fraction of sp³-hybridized carbons (Fsp3) is 0.571. The Labute approximate surface area is 113 Å². The summed E-state index contributed by atoms with van der Waals surface area (Å²) in [7, 11) is 1.75. The number of nitrogens with one attached hydrogen (secondary N) is 1. The predicted molar refractivity (Wildman–Crippen MR) is 76.2 cm³/mol. The molecule has 1 unspecified atom stereocenters. The first kappa shape index (κ1) is 14.7. The van der Waals surface area contributed by atoms with E-state index >= 15 is 0 Å². The number of rotatable bonds is 6. The second kappa shape index (κ2) is 7.14. The van der Waals surface area contributed by atoms with E-state index in [0.29, 0.717) is 12.0 Å². The topological polar surface area (TPSA) is 21.3 Å². The number of halogens is 1. The Balaban J connectivity index is 2.56. The number of benzene rings is 1. The maximum absolute atomic E-state index is 5.23. The lowest BCUT2D eigenvalue weighted by Gasteiger charge is -2.21. The van der Waals surface area contributed by atoms with E-state index in [1.165, 1.54) is 15.6 Å². The summed E-state index contributed by atoms with van der Waals surface area (Å²) >= 11 is 3.52. The van der Waals surface area contributed by atoms with Gasteiger partial charge in [0.2, 0.25) is 0 Å². The molecule has 0 aliphatic carbocycles. The second-order valence-corrected chi connectivity index (χ2v) is 5.62. The van der Waals surface area contributed by atoms with Gasteiger partial charge in [-0.15, -0.1) is 0 Å². The fourth-order valence-electron chi connectivity index (χ4n) is 1.73. The van der Waals surface area contributed by atoms with Crippen LogP contribution in [0.5, 0.6) is 0 Å². The molecule has 0 saturated carbocycles. The molecule has 0 spiro atoms. The van der Waals surface area contributed by atoms with Crippen molar-refractivity contribution in [3.05, 3.63) is 33.8 Å². The summed E-state index contributed by atoms with van der Waals surface area (Å²) in [6, 6.07) is 6.87. The largest absolute Gasteiger partial charge is 0.383 e. The van der Waals surface area contributed by atoms with Crippen molar-refractivity contribution in [3.8, 4) is 0 Å². The number of ether oxygens (including phenoxy) is 1. The highest BCUT2D eigenvalue weighted by Crippen LogP contribution is 2.17. The lowest BCUT2D eigenvalue weighted by atomic mass is 10.0. The molecule has 0 saturated heterocycles. The number of methoxy groups -OCH3 is 1. The average molecular weight is 300 g/mol. The minimum atomic E-state index is 0.406. The minimum Gasteiger partial charge on any atom is -0.383 e. The van der Waals surface area contributed by atoms with Crippen LogP contribution in [0.15, 0.2) is 22.7 Å². The van der Waals surface area contributed by atoms with Gasteiger partial charge in [-0.05, 0) is 30.0 Å². The van der Waals surface area contributed by atoms with Crippen molar-refractivity contribution in [2.24, 2.45) is 5.92 Å². The molecule has 1 atom stereocenters. The monoisotopic (exact) mass is 299 g/mol. The molecule has 1 aromatic rings. The molecule has 0 aliphatic rings. The molecule has 0 heterocycles. The summed E-state index contributed by atoms with van der Waals surface area (Å²) in [5.74, 6) is 0.575. The quantitative estimate of drug-likeness (QED) is 0.868. The lowest BCUT2D eigenvalue weighted by molar-refractivity contribution is 0.146. The van der Waals surface area contributed by atoms with Gasteiger partial charge in [0.15, 0.2) is 0 Å².